The Balaban J connectivity index is 0.990. The maximum Gasteiger partial charge on any atom is 0.417 e. The van der Waals surface area contributed by atoms with Crippen LogP contribution in [0, 0.1) is 11.3 Å². The van der Waals surface area contributed by atoms with Crippen molar-refractivity contribution in [3.8, 4) is 119 Å². The van der Waals surface area contributed by atoms with Crippen LogP contribution in [0.4, 0.5) is 26.3 Å². The second-order valence-corrected chi connectivity index (χ2v) is 23.4. The van der Waals surface area contributed by atoms with Crippen LogP contribution in [0.25, 0.3) is 156 Å². The topological polar surface area (TPSA) is 85.2 Å². The Labute approximate surface area is 546 Å². The van der Waals surface area contributed by atoms with Crippen molar-refractivity contribution in [1.29, 1.82) is 5.26 Å². The molecule has 6 aromatic heterocycles. The highest BCUT2D eigenvalue weighted by molar-refractivity contribution is 6.14. The molecule has 0 aliphatic rings. The van der Waals surface area contributed by atoms with Crippen LogP contribution in [0.1, 0.15) is 16.7 Å². The van der Waals surface area contributed by atoms with Crippen LogP contribution in [-0.2, 0) is 12.4 Å². The summed E-state index contributed by atoms with van der Waals surface area (Å²) in [6.07, 6.45) is -10.5. The number of alkyl halides is 6. The molecule has 6 heterocycles. The van der Waals surface area contributed by atoms with E-state index in [0.29, 0.717) is 78.5 Å². The molecule has 0 unspecified atom stereocenters. The van der Waals surface area contributed by atoms with Gasteiger partial charge >= 0.3 is 12.4 Å². The summed E-state index contributed by atoms with van der Waals surface area (Å²) in [6.45, 7) is 0. The van der Waals surface area contributed by atoms with Crippen LogP contribution < -0.4 is 0 Å². The van der Waals surface area contributed by atoms with Gasteiger partial charge in [0.2, 0.25) is 0 Å². The van der Waals surface area contributed by atoms with E-state index in [0.717, 1.165) is 73.3 Å². The van der Waals surface area contributed by atoms with Crippen molar-refractivity contribution in [3.05, 3.63) is 314 Å². The van der Waals surface area contributed by atoms with Crippen LogP contribution in [0.3, 0.4) is 0 Å². The van der Waals surface area contributed by atoms with Crippen molar-refractivity contribution in [2.75, 3.05) is 0 Å². The first-order chi connectivity index (χ1) is 46.8. The number of nitriles is 1. The third-order valence-corrected chi connectivity index (χ3v) is 17.6. The zero-order valence-electron chi connectivity index (χ0n) is 50.7. The summed E-state index contributed by atoms with van der Waals surface area (Å²) in [6, 6.07) is 92.2. The zero-order valence-corrected chi connectivity index (χ0v) is 50.7. The SMILES string of the molecule is N#Cc1c(-n2c3ccc(-c4cccc(-c5ccccc5)n4)cc3c3cc(-c4cccc(-c5ccccc5)n4)ccc32)cc(-c2c(C(F)(F)F)cccc2C(F)(F)F)cc1-n1c2ccc(-c3cccc(-c4ccccc4)n3)cc2c2cc(-c3cccc(-c4ccccc4)n3)ccc21. The molecule has 10 aromatic carbocycles. The molecule has 96 heavy (non-hydrogen) atoms. The Morgan fingerprint density at radius 3 is 0.760 bits per heavy atom. The molecule has 0 radical (unpaired) electrons. The summed E-state index contributed by atoms with van der Waals surface area (Å²) in [5.74, 6) is 0. The molecule has 16 aromatic rings. The van der Waals surface area contributed by atoms with Crippen molar-refractivity contribution in [2.24, 2.45) is 0 Å². The highest BCUT2D eigenvalue weighted by Gasteiger charge is 2.42. The van der Waals surface area contributed by atoms with Gasteiger partial charge in [0.15, 0.2) is 0 Å². The van der Waals surface area contributed by atoms with Gasteiger partial charge in [0.1, 0.15) is 11.6 Å². The standard InChI is InChI=1S/C83H49F6N7/c84-82(85,86)65-26-13-27-66(83(87,88)89)81(65)59-48-79(95-75-40-36-55(71-32-14-28-67(91-71)51-18-5-1-6-19-51)44-60(75)61-45-56(37-41-76(61)95)72-33-15-29-68(92-72)52-20-7-2-8-21-52)64(50-90)80(49-59)96-77-42-38-57(73-34-16-30-69(93-73)53-22-9-3-10-23-53)46-62(77)63-47-58(39-43-78(63)96)74-35-17-31-70(94-74)54-24-11-4-12-25-54/h1-49H. The van der Waals surface area contributed by atoms with Gasteiger partial charge in [0.05, 0.1) is 90.1 Å². The van der Waals surface area contributed by atoms with E-state index in [1.165, 1.54) is 12.1 Å². The maximum atomic E-state index is 15.8. The number of fused-ring (bicyclic) bond motifs is 6. The highest BCUT2D eigenvalue weighted by Crippen LogP contribution is 2.49. The lowest BCUT2D eigenvalue weighted by Gasteiger charge is -2.22. The van der Waals surface area contributed by atoms with Crippen molar-refractivity contribution in [2.45, 2.75) is 12.4 Å². The first kappa shape index (κ1) is 58.5. The molecule has 0 saturated heterocycles. The van der Waals surface area contributed by atoms with E-state index in [1.54, 1.807) is 9.13 Å². The van der Waals surface area contributed by atoms with E-state index < -0.39 is 34.6 Å². The lowest BCUT2D eigenvalue weighted by Crippen LogP contribution is -2.15. The zero-order chi connectivity index (χ0) is 65.2. The lowest BCUT2D eigenvalue weighted by atomic mass is 9.91. The van der Waals surface area contributed by atoms with Gasteiger partial charge in [-0.2, -0.15) is 31.6 Å². The number of nitrogens with zero attached hydrogens (tertiary/aromatic N) is 7. The van der Waals surface area contributed by atoms with Gasteiger partial charge in [-0.3, -0.25) is 0 Å². The Kier molecular flexibility index (Phi) is 14.4. The summed E-state index contributed by atoms with van der Waals surface area (Å²) >= 11 is 0. The minimum atomic E-state index is -5.26. The molecule has 0 aliphatic carbocycles. The van der Waals surface area contributed by atoms with E-state index in [-0.39, 0.29) is 16.9 Å². The molecule has 13 heteroatoms. The Hall–Kier alpha value is -12.5. The number of aromatic nitrogens is 6. The van der Waals surface area contributed by atoms with Crippen molar-refractivity contribution in [3.63, 3.8) is 0 Å². The molecule has 0 N–H and O–H groups in total. The van der Waals surface area contributed by atoms with Crippen molar-refractivity contribution >= 4 is 43.6 Å². The molecular weight excluding hydrogens is 1210 g/mol. The molecule has 0 atom stereocenters. The average Bonchev–Trinajstić information content (AvgIpc) is 1.53. The summed E-state index contributed by atoms with van der Waals surface area (Å²) in [5.41, 5.74) is 9.58. The minimum absolute atomic E-state index is 0.0242. The Morgan fingerprint density at radius 1 is 0.260 bits per heavy atom. The van der Waals surface area contributed by atoms with Crippen LogP contribution >= 0.6 is 0 Å². The monoisotopic (exact) mass is 1260 g/mol. The molecule has 458 valence electrons. The average molecular weight is 1260 g/mol. The van der Waals surface area contributed by atoms with Gasteiger partial charge in [0, 0.05) is 71.6 Å². The second-order valence-electron chi connectivity index (χ2n) is 23.4. The number of hydrogen-bond donors (Lipinski definition) is 0. The van der Waals surface area contributed by atoms with Gasteiger partial charge in [-0.05, 0) is 127 Å². The molecular formula is C83H49F6N7. The van der Waals surface area contributed by atoms with Crippen LogP contribution in [0.15, 0.2) is 297 Å². The fourth-order valence-corrected chi connectivity index (χ4v) is 13.2. The Morgan fingerprint density at radius 2 is 0.510 bits per heavy atom. The van der Waals surface area contributed by atoms with Gasteiger partial charge in [-0.1, -0.05) is 176 Å². The normalized spacial score (nSPS) is 11.8. The van der Waals surface area contributed by atoms with Gasteiger partial charge in [0.25, 0.3) is 0 Å². The smallest absolute Gasteiger partial charge is 0.308 e. The summed E-state index contributed by atoms with van der Waals surface area (Å²) in [5, 5.41) is 14.7. The maximum absolute atomic E-state index is 15.8. The fraction of sp³-hybridized carbons (Fsp3) is 0.0241. The van der Waals surface area contributed by atoms with E-state index >= 15 is 26.3 Å². The van der Waals surface area contributed by atoms with Crippen molar-refractivity contribution in [1.82, 2.24) is 29.1 Å². The van der Waals surface area contributed by atoms with Gasteiger partial charge in [-0.25, -0.2) is 19.9 Å². The third-order valence-electron chi connectivity index (χ3n) is 17.6. The molecule has 0 bridgehead atoms. The van der Waals surface area contributed by atoms with Gasteiger partial charge < -0.3 is 9.13 Å². The number of halogens is 6. The molecule has 0 aliphatic heterocycles. The molecule has 0 spiro atoms. The molecule has 0 amide bonds. The van der Waals surface area contributed by atoms with E-state index in [4.69, 9.17) is 19.9 Å². The predicted molar refractivity (Wildman–Crippen MR) is 370 cm³/mol. The molecule has 16 rings (SSSR count). The minimum Gasteiger partial charge on any atom is -0.308 e. The second kappa shape index (κ2) is 23.5. The molecule has 0 saturated carbocycles. The molecule has 0 fully saturated rings. The van der Waals surface area contributed by atoms with E-state index in [9.17, 15) is 5.26 Å². The first-order valence-corrected chi connectivity index (χ1v) is 31.0. The van der Waals surface area contributed by atoms with Gasteiger partial charge in [-0.15, -0.1) is 0 Å². The summed E-state index contributed by atoms with van der Waals surface area (Å²) < 4.78 is 98.2. The predicted octanol–water partition coefficient (Wildman–Crippen LogP) is 22.4. The van der Waals surface area contributed by atoms with Crippen molar-refractivity contribution < 1.29 is 26.3 Å². The van der Waals surface area contributed by atoms with Crippen LogP contribution in [0.5, 0.6) is 0 Å². The number of benzene rings is 10. The Bertz CT molecular complexity index is 5140. The van der Waals surface area contributed by atoms with Crippen LogP contribution in [-0.4, -0.2) is 29.1 Å². The summed E-state index contributed by atoms with van der Waals surface area (Å²) in [7, 11) is 0. The number of rotatable bonds is 11. The van der Waals surface area contributed by atoms with Crippen LogP contribution in [0.2, 0.25) is 0 Å². The number of hydrogen-bond acceptors (Lipinski definition) is 5. The first-order valence-electron chi connectivity index (χ1n) is 31.0. The quantitative estimate of drug-likeness (QED) is 0.120. The van der Waals surface area contributed by atoms with E-state index in [1.807, 2.05) is 267 Å². The fourth-order valence-electron chi connectivity index (χ4n) is 13.2. The molecule has 7 nitrogen and oxygen atoms in total. The number of pyridine rings is 4. The third kappa shape index (κ3) is 10.6. The van der Waals surface area contributed by atoms with E-state index in [2.05, 4.69) is 6.07 Å². The summed E-state index contributed by atoms with van der Waals surface area (Å²) in [4.78, 5) is 20.4. The lowest BCUT2D eigenvalue weighted by molar-refractivity contribution is -0.142. The highest BCUT2D eigenvalue weighted by atomic mass is 19.4. The largest absolute Gasteiger partial charge is 0.417 e.